The van der Waals surface area contributed by atoms with Gasteiger partial charge < -0.3 is 10.3 Å². The number of nitrogens with two attached hydrogens (primary N) is 1. The van der Waals surface area contributed by atoms with Gasteiger partial charge in [-0.2, -0.15) is 0 Å². The van der Waals surface area contributed by atoms with Gasteiger partial charge in [-0.1, -0.05) is 17.7 Å². The number of nitrogen functional groups attached to an aromatic ring is 1. The minimum Gasteiger partial charge on any atom is -0.398 e. The van der Waals surface area contributed by atoms with E-state index in [2.05, 4.69) is 4.98 Å². The summed E-state index contributed by atoms with van der Waals surface area (Å²) in [5.74, 6) is 0. The molecule has 0 radical (unpaired) electrons. The van der Waals surface area contributed by atoms with Gasteiger partial charge in [0.15, 0.2) is 0 Å². The van der Waals surface area contributed by atoms with Gasteiger partial charge in [-0.3, -0.25) is 0 Å². The molecule has 1 aromatic carbocycles. The molecule has 0 spiro atoms. The molecule has 4 heteroatoms. The Bertz CT molecular complexity index is 462. The minimum atomic E-state index is 0.574. The molecule has 72 valence electrons. The lowest BCUT2D eigenvalue weighted by Crippen LogP contribution is -1.87. The van der Waals surface area contributed by atoms with Crippen LogP contribution in [0.15, 0.2) is 30.7 Å². The molecule has 3 nitrogen and oxygen atoms in total. The number of aromatic nitrogens is 2. The molecule has 1 aromatic heterocycles. The van der Waals surface area contributed by atoms with Crippen molar-refractivity contribution in [3.05, 3.63) is 35.7 Å². The van der Waals surface area contributed by atoms with Crippen molar-refractivity contribution in [3.8, 4) is 11.3 Å². The van der Waals surface area contributed by atoms with Gasteiger partial charge >= 0.3 is 0 Å². The fourth-order valence-corrected chi connectivity index (χ4v) is 1.38. The van der Waals surface area contributed by atoms with E-state index in [-0.39, 0.29) is 0 Å². The lowest BCUT2D eigenvalue weighted by molar-refractivity contribution is 0.913. The van der Waals surface area contributed by atoms with Crippen LogP contribution in [0.3, 0.4) is 0 Å². The smallest absolute Gasteiger partial charge is 0.0951 e. The van der Waals surface area contributed by atoms with Crippen molar-refractivity contribution in [3.63, 3.8) is 0 Å². The number of hydrogen-bond donors (Lipinski definition) is 1. The Labute approximate surface area is 87.1 Å². The highest BCUT2D eigenvalue weighted by Gasteiger charge is 2.03. The summed E-state index contributed by atoms with van der Waals surface area (Å²) < 4.78 is 1.89. The normalized spacial score (nSPS) is 10.4. The predicted octanol–water partition coefficient (Wildman–Crippen LogP) is 2.32. The quantitative estimate of drug-likeness (QED) is 0.730. The molecular formula is C10H10ClN3. The van der Waals surface area contributed by atoms with Gasteiger partial charge in [0.1, 0.15) is 0 Å². The van der Waals surface area contributed by atoms with Gasteiger partial charge in [0, 0.05) is 18.8 Å². The first-order valence-electron chi connectivity index (χ1n) is 4.20. The highest BCUT2D eigenvalue weighted by Crippen LogP contribution is 2.25. The number of rotatable bonds is 1. The van der Waals surface area contributed by atoms with Crippen LogP contribution in [0.5, 0.6) is 0 Å². The van der Waals surface area contributed by atoms with Gasteiger partial charge in [0.05, 0.1) is 22.7 Å². The predicted molar refractivity (Wildman–Crippen MR) is 58.1 cm³/mol. The number of anilines is 1. The summed E-state index contributed by atoms with van der Waals surface area (Å²) in [6.45, 7) is 0. The molecule has 0 fully saturated rings. The highest BCUT2D eigenvalue weighted by atomic mass is 35.5. The van der Waals surface area contributed by atoms with Crippen molar-refractivity contribution in [2.24, 2.45) is 7.05 Å². The van der Waals surface area contributed by atoms with Gasteiger partial charge in [-0.25, -0.2) is 4.98 Å². The van der Waals surface area contributed by atoms with Crippen molar-refractivity contribution in [2.45, 2.75) is 0 Å². The summed E-state index contributed by atoms with van der Waals surface area (Å²) in [5, 5.41) is 0.574. The van der Waals surface area contributed by atoms with E-state index in [0.29, 0.717) is 10.7 Å². The van der Waals surface area contributed by atoms with Gasteiger partial charge in [0.25, 0.3) is 0 Å². The number of nitrogens with zero attached hydrogens (tertiary/aromatic N) is 2. The third kappa shape index (κ3) is 1.59. The van der Waals surface area contributed by atoms with Crippen LogP contribution in [-0.4, -0.2) is 9.55 Å². The number of benzene rings is 1. The van der Waals surface area contributed by atoms with Crippen LogP contribution < -0.4 is 5.73 Å². The monoisotopic (exact) mass is 207 g/mol. The molecule has 1 heterocycles. The Balaban J connectivity index is 2.47. The van der Waals surface area contributed by atoms with Crippen LogP contribution in [0.2, 0.25) is 5.02 Å². The highest BCUT2D eigenvalue weighted by molar-refractivity contribution is 6.33. The number of imidazole rings is 1. The molecule has 0 saturated heterocycles. The van der Waals surface area contributed by atoms with Crippen molar-refractivity contribution >= 4 is 17.3 Å². The molecule has 2 N–H and O–H groups in total. The number of aryl methyl sites for hydroxylation is 1. The molecule has 14 heavy (non-hydrogen) atoms. The van der Waals surface area contributed by atoms with Crippen LogP contribution in [0.4, 0.5) is 5.69 Å². The Morgan fingerprint density at radius 3 is 2.79 bits per heavy atom. The summed E-state index contributed by atoms with van der Waals surface area (Å²) in [6.07, 6.45) is 3.68. The maximum absolute atomic E-state index is 5.82. The summed E-state index contributed by atoms with van der Waals surface area (Å²) in [4.78, 5) is 4.22. The molecule has 0 aliphatic carbocycles. The molecule has 0 amide bonds. The zero-order valence-electron chi connectivity index (χ0n) is 7.74. The topological polar surface area (TPSA) is 43.8 Å². The molecule has 0 saturated carbocycles. The average Bonchev–Trinajstić information content (AvgIpc) is 2.57. The van der Waals surface area contributed by atoms with Crippen molar-refractivity contribution < 1.29 is 0 Å². The first-order valence-corrected chi connectivity index (χ1v) is 4.58. The van der Waals surface area contributed by atoms with E-state index in [4.69, 9.17) is 17.3 Å². The fourth-order valence-electron chi connectivity index (χ4n) is 1.26. The summed E-state index contributed by atoms with van der Waals surface area (Å²) in [6, 6.07) is 5.51. The van der Waals surface area contributed by atoms with Gasteiger partial charge in [0.2, 0.25) is 0 Å². The largest absolute Gasteiger partial charge is 0.398 e. The third-order valence-corrected chi connectivity index (χ3v) is 2.34. The maximum Gasteiger partial charge on any atom is 0.0951 e. The van der Waals surface area contributed by atoms with E-state index in [1.54, 1.807) is 12.4 Å². The third-order valence-electron chi connectivity index (χ3n) is 2.00. The van der Waals surface area contributed by atoms with E-state index in [1.807, 2.05) is 29.9 Å². The van der Waals surface area contributed by atoms with Gasteiger partial charge in [-0.15, -0.1) is 0 Å². The molecule has 0 unspecified atom stereocenters. The second-order valence-electron chi connectivity index (χ2n) is 3.16. The number of halogens is 1. The SMILES string of the molecule is Cn1cnc(-c2ccc(Cl)c(N)c2)c1. The van der Waals surface area contributed by atoms with E-state index < -0.39 is 0 Å². The lowest BCUT2D eigenvalue weighted by Gasteiger charge is -2.00. The maximum atomic E-state index is 5.82. The van der Waals surface area contributed by atoms with E-state index >= 15 is 0 Å². The second-order valence-corrected chi connectivity index (χ2v) is 3.57. The van der Waals surface area contributed by atoms with E-state index in [1.165, 1.54) is 0 Å². The Kier molecular flexibility index (Phi) is 2.17. The van der Waals surface area contributed by atoms with Crippen LogP contribution in [0, 0.1) is 0 Å². The van der Waals surface area contributed by atoms with Crippen LogP contribution >= 0.6 is 11.6 Å². The van der Waals surface area contributed by atoms with E-state index in [9.17, 15) is 0 Å². The Hall–Kier alpha value is -1.48. The van der Waals surface area contributed by atoms with Crippen LogP contribution in [0.1, 0.15) is 0 Å². The fraction of sp³-hybridized carbons (Fsp3) is 0.100. The Morgan fingerprint density at radius 1 is 1.43 bits per heavy atom. The molecule has 0 aliphatic heterocycles. The zero-order valence-corrected chi connectivity index (χ0v) is 8.49. The molecular weight excluding hydrogens is 198 g/mol. The average molecular weight is 208 g/mol. The summed E-state index contributed by atoms with van der Waals surface area (Å²) in [7, 11) is 1.93. The zero-order chi connectivity index (χ0) is 10.1. The standard InChI is InChI=1S/C10H10ClN3/c1-14-5-10(13-6-14)7-2-3-8(11)9(12)4-7/h2-6H,12H2,1H3. The first-order chi connectivity index (χ1) is 6.66. The van der Waals surface area contributed by atoms with Crippen LogP contribution in [0.25, 0.3) is 11.3 Å². The molecule has 2 aromatic rings. The number of hydrogen-bond acceptors (Lipinski definition) is 2. The molecule has 0 atom stereocenters. The van der Waals surface area contributed by atoms with Crippen LogP contribution in [-0.2, 0) is 7.05 Å². The lowest BCUT2D eigenvalue weighted by atomic mass is 10.1. The minimum absolute atomic E-state index is 0.574. The van der Waals surface area contributed by atoms with Gasteiger partial charge in [-0.05, 0) is 12.1 Å². The molecule has 0 aliphatic rings. The molecule has 2 rings (SSSR count). The summed E-state index contributed by atoms with van der Waals surface area (Å²) >= 11 is 5.82. The van der Waals surface area contributed by atoms with E-state index in [0.717, 1.165) is 11.3 Å². The van der Waals surface area contributed by atoms with Crippen molar-refractivity contribution in [1.29, 1.82) is 0 Å². The first kappa shape index (κ1) is 9.09. The second kappa shape index (κ2) is 3.35. The summed E-state index contributed by atoms with van der Waals surface area (Å²) in [5.41, 5.74) is 8.15. The molecule has 0 bridgehead atoms. The van der Waals surface area contributed by atoms with Crippen molar-refractivity contribution in [1.82, 2.24) is 9.55 Å². The Morgan fingerprint density at radius 2 is 2.21 bits per heavy atom. The van der Waals surface area contributed by atoms with Crippen molar-refractivity contribution in [2.75, 3.05) is 5.73 Å².